The first-order valence-electron chi connectivity index (χ1n) is 5.45. The van der Waals surface area contributed by atoms with Gasteiger partial charge < -0.3 is 4.90 Å². The van der Waals surface area contributed by atoms with Crippen molar-refractivity contribution in [2.75, 3.05) is 23.9 Å². The van der Waals surface area contributed by atoms with E-state index in [1.807, 2.05) is 0 Å². The van der Waals surface area contributed by atoms with Gasteiger partial charge in [-0.15, -0.1) is 11.6 Å². The maximum atomic E-state index is 5.86. The number of nitrogens with zero attached hydrogens (tertiary/aromatic N) is 3. The minimum absolute atomic E-state index is 0.617. The fraction of sp³-hybridized carbons (Fsp3) is 0.636. The van der Waals surface area contributed by atoms with Gasteiger partial charge in [0, 0.05) is 30.7 Å². The summed E-state index contributed by atoms with van der Waals surface area (Å²) in [5.41, 5.74) is 1.11. The molecule has 1 fully saturated rings. The molecule has 1 aromatic rings. The molecule has 0 bridgehead atoms. The van der Waals surface area contributed by atoms with Crippen LogP contribution in [0.4, 0.5) is 5.82 Å². The van der Waals surface area contributed by atoms with Gasteiger partial charge in [-0.2, -0.15) is 0 Å². The Morgan fingerprint density at radius 2 is 2.40 bits per heavy atom. The van der Waals surface area contributed by atoms with Gasteiger partial charge in [-0.25, -0.2) is 9.97 Å². The van der Waals surface area contributed by atoms with Gasteiger partial charge in [-0.1, -0.05) is 6.92 Å². The molecule has 0 saturated carbocycles. The van der Waals surface area contributed by atoms with Crippen molar-refractivity contribution in [3.63, 3.8) is 0 Å². The number of aromatic nitrogens is 2. The van der Waals surface area contributed by atoms with Crippen molar-refractivity contribution in [2.24, 2.45) is 5.92 Å². The summed E-state index contributed by atoms with van der Waals surface area (Å²) < 4.78 is 0. The second kappa shape index (κ2) is 4.79. The molecule has 1 saturated heterocycles. The van der Waals surface area contributed by atoms with Gasteiger partial charge in [0.1, 0.15) is 12.1 Å². The summed E-state index contributed by atoms with van der Waals surface area (Å²) in [5.74, 6) is 2.42. The SMILES string of the molecule is CCc1cc(N2CCC(CCl)C2)ncn1. The third kappa shape index (κ3) is 2.40. The van der Waals surface area contributed by atoms with Crippen LogP contribution in [0.2, 0.25) is 0 Å². The van der Waals surface area contributed by atoms with E-state index < -0.39 is 0 Å². The van der Waals surface area contributed by atoms with Crippen LogP contribution in [0, 0.1) is 5.92 Å². The highest BCUT2D eigenvalue weighted by Gasteiger charge is 2.22. The fourth-order valence-corrected chi connectivity index (χ4v) is 2.17. The zero-order valence-electron chi connectivity index (χ0n) is 8.99. The minimum Gasteiger partial charge on any atom is -0.356 e. The molecule has 82 valence electrons. The predicted molar refractivity (Wildman–Crippen MR) is 62.5 cm³/mol. The number of hydrogen-bond donors (Lipinski definition) is 0. The second-order valence-corrected chi connectivity index (χ2v) is 4.28. The van der Waals surface area contributed by atoms with E-state index in [0.717, 1.165) is 36.9 Å². The van der Waals surface area contributed by atoms with Crippen molar-refractivity contribution in [3.8, 4) is 0 Å². The van der Waals surface area contributed by atoms with Crippen molar-refractivity contribution < 1.29 is 0 Å². The summed E-state index contributed by atoms with van der Waals surface area (Å²) in [5, 5.41) is 0. The van der Waals surface area contributed by atoms with Crippen molar-refractivity contribution in [3.05, 3.63) is 18.1 Å². The lowest BCUT2D eigenvalue weighted by Gasteiger charge is -2.17. The number of anilines is 1. The standard InChI is InChI=1S/C11H16ClN3/c1-2-10-5-11(14-8-13-10)15-4-3-9(6-12)7-15/h5,8-9H,2-4,6-7H2,1H3. The Hall–Kier alpha value is -0.830. The summed E-state index contributed by atoms with van der Waals surface area (Å²) in [6.07, 6.45) is 3.79. The van der Waals surface area contributed by atoms with Crippen molar-refractivity contribution in [1.82, 2.24) is 9.97 Å². The van der Waals surface area contributed by atoms with Crippen molar-refractivity contribution in [1.29, 1.82) is 0 Å². The molecular weight excluding hydrogens is 210 g/mol. The Bertz CT molecular complexity index is 329. The molecular formula is C11H16ClN3. The first-order valence-corrected chi connectivity index (χ1v) is 5.98. The molecule has 4 heteroatoms. The number of alkyl halides is 1. The maximum Gasteiger partial charge on any atom is 0.132 e. The first-order chi connectivity index (χ1) is 7.33. The van der Waals surface area contributed by atoms with Crippen LogP contribution < -0.4 is 4.90 Å². The van der Waals surface area contributed by atoms with Crippen molar-refractivity contribution in [2.45, 2.75) is 19.8 Å². The van der Waals surface area contributed by atoms with Crippen LogP contribution >= 0.6 is 11.6 Å². The molecule has 0 N–H and O–H groups in total. The number of hydrogen-bond acceptors (Lipinski definition) is 3. The van der Waals surface area contributed by atoms with E-state index in [-0.39, 0.29) is 0 Å². The monoisotopic (exact) mass is 225 g/mol. The van der Waals surface area contributed by atoms with Gasteiger partial charge in [-0.05, 0) is 18.8 Å². The Labute approximate surface area is 95.5 Å². The lowest BCUT2D eigenvalue weighted by molar-refractivity contribution is 0.666. The molecule has 3 nitrogen and oxygen atoms in total. The van der Waals surface area contributed by atoms with E-state index in [0.29, 0.717) is 5.92 Å². The van der Waals surface area contributed by atoms with Crippen LogP contribution in [0.3, 0.4) is 0 Å². The van der Waals surface area contributed by atoms with Crippen LogP contribution in [-0.2, 0) is 6.42 Å². The average molecular weight is 226 g/mol. The topological polar surface area (TPSA) is 29.0 Å². The third-order valence-electron chi connectivity index (χ3n) is 2.90. The molecule has 0 radical (unpaired) electrons. The van der Waals surface area contributed by atoms with Gasteiger partial charge in [0.05, 0.1) is 0 Å². The molecule has 0 aromatic carbocycles. The Morgan fingerprint density at radius 3 is 3.07 bits per heavy atom. The fourth-order valence-electron chi connectivity index (χ4n) is 1.92. The third-order valence-corrected chi connectivity index (χ3v) is 3.34. The number of halogens is 1. The lowest BCUT2D eigenvalue weighted by atomic mass is 10.2. The highest BCUT2D eigenvalue weighted by atomic mass is 35.5. The van der Waals surface area contributed by atoms with Crippen LogP contribution in [0.5, 0.6) is 0 Å². The normalized spacial score (nSPS) is 20.9. The highest BCUT2D eigenvalue weighted by Crippen LogP contribution is 2.22. The summed E-state index contributed by atoms with van der Waals surface area (Å²) in [4.78, 5) is 10.8. The molecule has 0 amide bonds. The van der Waals surface area contributed by atoms with Gasteiger partial charge in [0.25, 0.3) is 0 Å². The Balaban J connectivity index is 2.09. The van der Waals surface area contributed by atoms with Gasteiger partial charge in [-0.3, -0.25) is 0 Å². The minimum atomic E-state index is 0.617. The molecule has 1 atom stereocenters. The van der Waals surface area contributed by atoms with Crippen LogP contribution in [0.25, 0.3) is 0 Å². The van der Waals surface area contributed by atoms with E-state index in [4.69, 9.17) is 11.6 Å². The number of rotatable bonds is 3. The highest BCUT2D eigenvalue weighted by molar-refractivity contribution is 6.18. The molecule has 1 aliphatic rings. The molecule has 15 heavy (non-hydrogen) atoms. The largest absolute Gasteiger partial charge is 0.356 e. The number of aryl methyl sites for hydroxylation is 1. The summed E-state index contributed by atoms with van der Waals surface area (Å²) in [7, 11) is 0. The Kier molecular flexibility index (Phi) is 3.41. The quantitative estimate of drug-likeness (QED) is 0.738. The maximum absolute atomic E-state index is 5.86. The molecule has 1 unspecified atom stereocenters. The first kappa shape index (κ1) is 10.7. The van der Waals surface area contributed by atoms with E-state index in [2.05, 4.69) is 27.9 Å². The summed E-state index contributed by atoms with van der Waals surface area (Å²) in [6, 6.07) is 2.08. The summed E-state index contributed by atoms with van der Waals surface area (Å²) >= 11 is 5.86. The Morgan fingerprint density at radius 1 is 1.53 bits per heavy atom. The molecule has 2 rings (SSSR count). The van der Waals surface area contributed by atoms with Gasteiger partial charge in [0.2, 0.25) is 0 Å². The molecule has 0 aliphatic carbocycles. The zero-order valence-corrected chi connectivity index (χ0v) is 9.74. The molecule has 2 heterocycles. The average Bonchev–Trinajstić information content (AvgIpc) is 2.78. The van der Waals surface area contributed by atoms with E-state index in [9.17, 15) is 0 Å². The smallest absolute Gasteiger partial charge is 0.132 e. The lowest BCUT2D eigenvalue weighted by Crippen LogP contribution is -2.21. The van der Waals surface area contributed by atoms with Crippen molar-refractivity contribution >= 4 is 17.4 Å². The van der Waals surface area contributed by atoms with E-state index >= 15 is 0 Å². The van der Waals surface area contributed by atoms with Gasteiger partial charge >= 0.3 is 0 Å². The predicted octanol–water partition coefficient (Wildman–Crippen LogP) is 2.10. The van der Waals surface area contributed by atoms with Crippen LogP contribution in [0.15, 0.2) is 12.4 Å². The van der Waals surface area contributed by atoms with E-state index in [1.54, 1.807) is 6.33 Å². The second-order valence-electron chi connectivity index (χ2n) is 3.98. The molecule has 1 aliphatic heterocycles. The van der Waals surface area contributed by atoms with Crippen LogP contribution in [0.1, 0.15) is 19.0 Å². The van der Waals surface area contributed by atoms with Crippen LogP contribution in [-0.4, -0.2) is 28.9 Å². The van der Waals surface area contributed by atoms with E-state index in [1.165, 1.54) is 6.42 Å². The molecule has 1 aromatic heterocycles. The zero-order chi connectivity index (χ0) is 10.7. The molecule has 0 spiro atoms. The van der Waals surface area contributed by atoms with Gasteiger partial charge in [0.15, 0.2) is 0 Å². The summed E-state index contributed by atoms with van der Waals surface area (Å²) in [6.45, 7) is 4.21.